The second-order valence-electron chi connectivity index (χ2n) is 7.35. The lowest BCUT2D eigenvalue weighted by Crippen LogP contribution is -2.37. The molecule has 0 bridgehead atoms. The van der Waals surface area contributed by atoms with Crippen LogP contribution in [-0.4, -0.2) is 51.5 Å². The van der Waals surface area contributed by atoms with Gasteiger partial charge in [-0.3, -0.25) is 9.69 Å². The van der Waals surface area contributed by atoms with Crippen LogP contribution in [-0.2, 0) is 4.74 Å². The Morgan fingerprint density at radius 2 is 1.84 bits per heavy atom. The van der Waals surface area contributed by atoms with Gasteiger partial charge in [-0.2, -0.15) is 0 Å². The first-order chi connectivity index (χ1) is 15.6. The molecule has 2 aromatic carbocycles. The molecule has 0 N–H and O–H groups in total. The Labute approximate surface area is 191 Å². The SMILES string of the molecule is COc1cc(C(=O)N(CC2CCCO2)c2nc(-c3ccccc3)cs2)cc(OC)c1OC. The highest BCUT2D eigenvalue weighted by atomic mass is 32.1. The van der Waals surface area contributed by atoms with Crippen LogP contribution in [0.3, 0.4) is 0 Å². The molecule has 2 heterocycles. The highest BCUT2D eigenvalue weighted by Crippen LogP contribution is 2.39. The van der Waals surface area contributed by atoms with E-state index in [1.165, 1.54) is 32.7 Å². The number of carbonyl (C=O) groups is 1. The van der Waals surface area contributed by atoms with Crippen LogP contribution in [0.2, 0.25) is 0 Å². The van der Waals surface area contributed by atoms with E-state index in [0.717, 1.165) is 24.1 Å². The summed E-state index contributed by atoms with van der Waals surface area (Å²) in [7, 11) is 4.59. The van der Waals surface area contributed by atoms with Gasteiger partial charge in [0.05, 0.1) is 39.7 Å². The zero-order valence-electron chi connectivity index (χ0n) is 18.4. The van der Waals surface area contributed by atoms with Crippen molar-refractivity contribution in [2.75, 3.05) is 39.4 Å². The standard InChI is InChI=1S/C24H26N2O5S/c1-28-20-12-17(13-21(29-2)22(20)30-3)23(27)26(14-18-10-7-11-31-18)24-25-19(15-32-24)16-8-5-4-6-9-16/h4-6,8-9,12-13,15,18H,7,10-11,14H2,1-3H3. The maximum atomic E-state index is 13.7. The number of carbonyl (C=O) groups excluding carboxylic acids is 1. The molecule has 3 aromatic rings. The molecular formula is C24H26N2O5S. The van der Waals surface area contributed by atoms with E-state index >= 15 is 0 Å². The number of hydrogen-bond donors (Lipinski definition) is 0. The predicted octanol–water partition coefficient (Wildman–Crippen LogP) is 4.66. The molecular weight excluding hydrogens is 428 g/mol. The lowest BCUT2D eigenvalue weighted by Gasteiger charge is -2.24. The summed E-state index contributed by atoms with van der Waals surface area (Å²) in [4.78, 5) is 20.2. The van der Waals surface area contributed by atoms with Crippen molar-refractivity contribution in [3.05, 3.63) is 53.4 Å². The number of nitrogens with zero attached hydrogens (tertiary/aromatic N) is 2. The third kappa shape index (κ3) is 4.56. The maximum Gasteiger partial charge on any atom is 0.260 e. The molecule has 1 amide bonds. The van der Waals surface area contributed by atoms with Gasteiger partial charge in [-0.25, -0.2) is 4.98 Å². The van der Waals surface area contributed by atoms with Gasteiger partial charge >= 0.3 is 0 Å². The van der Waals surface area contributed by atoms with Crippen LogP contribution in [0.15, 0.2) is 47.8 Å². The van der Waals surface area contributed by atoms with Crippen molar-refractivity contribution in [1.29, 1.82) is 0 Å². The van der Waals surface area contributed by atoms with E-state index in [9.17, 15) is 4.79 Å². The lowest BCUT2D eigenvalue weighted by molar-refractivity contribution is 0.0916. The molecule has 1 aromatic heterocycles. The summed E-state index contributed by atoms with van der Waals surface area (Å²) in [6, 6.07) is 13.2. The maximum absolute atomic E-state index is 13.7. The largest absolute Gasteiger partial charge is 0.493 e. The molecule has 1 saturated heterocycles. The van der Waals surface area contributed by atoms with E-state index in [1.807, 2.05) is 35.7 Å². The number of ether oxygens (including phenoxy) is 4. The second kappa shape index (κ2) is 10.0. The fourth-order valence-electron chi connectivity index (χ4n) is 3.73. The number of benzene rings is 2. The molecule has 0 saturated carbocycles. The Kier molecular flexibility index (Phi) is 6.92. The van der Waals surface area contributed by atoms with Gasteiger partial charge in [0.15, 0.2) is 16.6 Å². The zero-order chi connectivity index (χ0) is 22.5. The van der Waals surface area contributed by atoms with Crippen molar-refractivity contribution in [1.82, 2.24) is 4.98 Å². The van der Waals surface area contributed by atoms with Crippen molar-refractivity contribution >= 4 is 22.4 Å². The third-order valence-corrected chi connectivity index (χ3v) is 6.22. The topological polar surface area (TPSA) is 70.1 Å². The molecule has 0 aliphatic carbocycles. The summed E-state index contributed by atoms with van der Waals surface area (Å²) in [6.45, 7) is 1.14. The molecule has 1 unspecified atom stereocenters. The molecule has 0 radical (unpaired) electrons. The Bertz CT molecular complexity index is 1040. The highest BCUT2D eigenvalue weighted by molar-refractivity contribution is 7.14. The van der Waals surface area contributed by atoms with Crippen LogP contribution >= 0.6 is 11.3 Å². The number of amides is 1. The van der Waals surface area contributed by atoms with E-state index in [0.29, 0.717) is 41.1 Å². The molecule has 0 spiro atoms. The minimum absolute atomic E-state index is 0.0231. The van der Waals surface area contributed by atoms with Crippen molar-refractivity contribution < 1.29 is 23.7 Å². The number of hydrogen-bond acceptors (Lipinski definition) is 7. The van der Waals surface area contributed by atoms with Gasteiger partial charge in [-0.05, 0) is 25.0 Å². The Balaban J connectivity index is 1.71. The number of methoxy groups -OCH3 is 3. The molecule has 168 valence electrons. The first-order valence-electron chi connectivity index (χ1n) is 10.4. The molecule has 1 atom stereocenters. The first-order valence-corrected chi connectivity index (χ1v) is 11.3. The van der Waals surface area contributed by atoms with Crippen LogP contribution in [0.5, 0.6) is 17.2 Å². The summed E-state index contributed by atoms with van der Waals surface area (Å²) >= 11 is 1.44. The Morgan fingerprint density at radius 3 is 2.44 bits per heavy atom. The van der Waals surface area contributed by atoms with E-state index in [1.54, 1.807) is 17.0 Å². The van der Waals surface area contributed by atoms with Crippen LogP contribution in [0.25, 0.3) is 11.3 Å². The predicted molar refractivity (Wildman–Crippen MR) is 124 cm³/mol. The summed E-state index contributed by atoms with van der Waals surface area (Å²) < 4.78 is 22.1. The lowest BCUT2D eigenvalue weighted by atomic mass is 10.1. The first kappa shape index (κ1) is 22.1. The number of rotatable bonds is 8. The van der Waals surface area contributed by atoms with Gasteiger partial charge in [0.25, 0.3) is 5.91 Å². The van der Waals surface area contributed by atoms with Crippen molar-refractivity contribution in [2.45, 2.75) is 18.9 Å². The quantitative estimate of drug-likeness (QED) is 0.493. The smallest absolute Gasteiger partial charge is 0.260 e. The molecule has 32 heavy (non-hydrogen) atoms. The minimum Gasteiger partial charge on any atom is -0.493 e. The average Bonchev–Trinajstić information content (AvgIpc) is 3.54. The molecule has 1 aliphatic heterocycles. The number of aromatic nitrogens is 1. The van der Waals surface area contributed by atoms with Crippen molar-refractivity contribution in [3.8, 4) is 28.5 Å². The second-order valence-corrected chi connectivity index (χ2v) is 8.18. The van der Waals surface area contributed by atoms with Gasteiger partial charge in [0.2, 0.25) is 5.75 Å². The monoisotopic (exact) mass is 454 g/mol. The summed E-state index contributed by atoms with van der Waals surface area (Å²) in [5.74, 6) is 1.10. The van der Waals surface area contributed by atoms with E-state index < -0.39 is 0 Å². The minimum atomic E-state index is -0.200. The summed E-state index contributed by atoms with van der Waals surface area (Å²) in [6.07, 6.45) is 1.88. The molecule has 7 nitrogen and oxygen atoms in total. The highest BCUT2D eigenvalue weighted by Gasteiger charge is 2.28. The van der Waals surface area contributed by atoms with Crippen molar-refractivity contribution in [2.24, 2.45) is 0 Å². The van der Waals surface area contributed by atoms with E-state index in [-0.39, 0.29) is 12.0 Å². The van der Waals surface area contributed by atoms with Crippen LogP contribution < -0.4 is 19.1 Å². The normalized spacial score (nSPS) is 15.4. The molecule has 1 aliphatic rings. The van der Waals surface area contributed by atoms with Gasteiger partial charge < -0.3 is 18.9 Å². The molecule has 8 heteroatoms. The summed E-state index contributed by atoms with van der Waals surface area (Å²) in [5.41, 5.74) is 2.27. The number of thiazole rings is 1. The van der Waals surface area contributed by atoms with Gasteiger partial charge in [-0.15, -0.1) is 11.3 Å². The van der Waals surface area contributed by atoms with Gasteiger partial charge in [0.1, 0.15) is 0 Å². The van der Waals surface area contributed by atoms with Crippen LogP contribution in [0, 0.1) is 0 Å². The third-order valence-electron chi connectivity index (χ3n) is 5.36. The van der Waals surface area contributed by atoms with Crippen LogP contribution in [0.1, 0.15) is 23.2 Å². The van der Waals surface area contributed by atoms with Crippen molar-refractivity contribution in [3.63, 3.8) is 0 Å². The fraction of sp³-hybridized carbons (Fsp3) is 0.333. The Morgan fingerprint density at radius 1 is 1.12 bits per heavy atom. The van der Waals surface area contributed by atoms with E-state index in [4.69, 9.17) is 23.9 Å². The number of anilines is 1. The molecule has 4 rings (SSSR count). The van der Waals surface area contributed by atoms with E-state index in [2.05, 4.69) is 0 Å². The van der Waals surface area contributed by atoms with Gasteiger partial charge in [0, 0.05) is 23.1 Å². The Hall–Kier alpha value is -3.10. The van der Waals surface area contributed by atoms with Crippen LogP contribution in [0.4, 0.5) is 5.13 Å². The zero-order valence-corrected chi connectivity index (χ0v) is 19.2. The fourth-order valence-corrected chi connectivity index (χ4v) is 4.57. The van der Waals surface area contributed by atoms with Gasteiger partial charge in [-0.1, -0.05) is 30.3 Å². The summed E-state index contributed by atoms with van der Waals surface area (Å²) in [5, 5.41) is 2.59. The average molecular weight is 455 g/mol. The molecule has 1 fully saturated rings.